The monoisotopic (exact) mass is 597 g/mol. The maximum atomic E-state index is 13.8. The standard InChI is InChI=1S/C32H34FN7O2.C2H6/c1-7-21-10-23(18-41)27(26(11-21)19(2)38-28-9-8-25(33)12-22(28)14-34)13-29(39(4)5)24-15-36-31(37-16-24)30-17-35-20(3)32(42)40(30)6;1-2/h8-13,15-16,18-19,30,38H,7,17H2,1-6H3;1-2H3/b29-13-;. The van der Waals surface area contributed by atoms with Crippen LogP contribution in [0, 0.1) is 17.1 Å². The fraction of sp³-hybridized carbons (Fsp3) is 0.353. The lowest BCUT2D eigenvalue weighted by Crippen LogP contribution is -2.41. The SMILES string of the molecule is CC.CCc1cc(C=O)c(/C=C(/c2cnc(C3CN=C(C)C(=O)N3C)nc2)N(C)C)c(C(C)Nc2ccc(F)cc2C#N)c1. The zero-order valence-corrected chi connectivity index (χ0v) is 26.6. The van der Waals surface area contributed by atoms with Crippen molar-refractivity contribution in [3.63, 3.8) is 0 Å². The molecule has 0 radical (unpaired) electrons. The molecule has 2 aromatic carbocycles. The molecule has 230 valence electrons. The highest BCUT2D eigenvalue weighted by Crippen LogP contribution is 2.32. The Hall–Kier alpha value is -4.91. The number of likely N-dealkylation sites (N-methyl/N-ethyl adjacent to an activating group) is 1. The van der Waals surface area contributed by atoms with Crippen LogP contribution in [0.5, 0.6) is 0 Å². The normalized spacial score (nSPS) is 15.4. The highest BCUT2D eigenvalue weighted by molar-refractivity contribution is 6.38. The second-order valence-electron chi connectivity index (χ2n) is 10.4. The van der Waals surface area contributed by atoms with E-state index in [9.17, 15) is 19.2 Å². The highest BCUT2D eigenvalue weighted by atomic mass is 19.1. The first-order valence-electron chi connectivity index (χ1n) is 14.7. The molecule has 0 aliphatic carbocycles. The summed E-state index contributed by atoms with van der Waals surface area (Å²) in [4.78, 5) is 41.7. The zero-order chi connectivity index (χ0) is 32.6. The van der Waals surface area contributed by atoms with E-state index in [-0.39, 0.29) is 23.6 Å². The predicted molar refractivity (Wildman–Crippen MR) is 173 cm³/mol. The van der Waals surface area contributed by atoms with E-state index in [1.165, 1.54) is 18.2 Å². The van der Waals surface area contributed by atoms with Crippen LogP contribution < -0.4 is 5.32 Å². The van der Waals surface area contributed by atoms with Gasteiger partial charge in [0.05, 0.1) is 23.5 Å². The Kier molecular flexibility index (Phi) is 11.5. The average molecular weight is 598 g/mol. The fourth-order valence-electron chi connectivity index (χ4n) is 4.95. The molecule has 1 aromatic heterocycles. The van der Waals surface area contributed by atoms with Gasteiger partial charge in [-0.05, 0) is 67.3 Å². The number of rotatable bonds is 9. The smallest absolute Gasteiger partial charge is 0.267 e. The van der Waals surface area contributed by atoms with Crippen LogP contribution in [0.1, 0.15) is 90.7 Å². The molecule has 0 fully saturated rings. The molecule has 0 saturated carbocycles. The number of carbonyl (C=O) groups excluding carboxylic acids is 2. The number of anilines is 1. The summed E-state index contributed by atoms with van der Waals surface area (Å²) >= 11 is 0. The van der Waals surface area contributed by atoms with Gasteiger partial charge in [0.1, 0.15) is 17.9 Å². The van der Waals surface area contributed by atoms with Crippen molar-refractivity contribution in [2.75, 3.05) is 33.0 Å². The van der Waals surface area contributed by atoms with Crippen molar-refractivity contribution in [3.05, 3.63) is 87.7 Å². The number of aldehydes is 1. The van der Waals surface area contributed by atoms with Gasteiger partial charge in [-0.25, -0.2) is 14.4 Å². The van der Waals surface area contributed by atoms with Gasteiger partial charge < -0.3 is 15.1 Å². The second-order valence-corrected chi connectivity index (χ2v) is 10.4. The van der Waals surface area contributed by atoms with Crippen molar-refractivity contribution in [2.24, 2.45) is 4.99 Å². The number of aliphatic imine (C=N–C) groups is 1. The number of hydrogen-bond acceptors (Lipinski definition) is 8. The van der Waals surface area contributed by atoms with E-state index >= 15 is 0 Å². The lowest BCUT2D eigenvalue weighted by Gasteiger charge is -2.29. The van der Waals surface area contributed by atoms with Gasteiger partial charge in [-0.15, -0.1) is 0 Å². The molecule has 2 unspecified atom stereocenters. The Morgan fingerprint density at radius 3 is 2.50 bits per heavy atom. The van der Waals surface area contributed by atoms with E-state index in [0.29, 0.717) is 34.9 Å². The number of amides is 1. The van der Waals surface area contributed by atoms with Crippen LogP contribution in [-0.4, -0.2) is 65.4 Å². The molecule has 1 aliphatic heterocycles. The molecular weight excluding hydrogens is 557 g/mol. The predicted octanol–water partition coefficient (Wildman–Crippen LogP) is 6.10. The second kappa shape index (κ2) is 15.0. The first-order valence-corrected chi connectivity index (χ1v) is 14.7. The van der Waals surface area contributed by atoms with E-state index < -0.39 is 5.82 Å². The number of aryl methyl sites for hydroxylation is 1. The largest absolute Gasteiger partial charge is 0.377 e. The first kappa shape index (κ1) is 33.6. The minimum absolute atomic E-state index is 0.150. The number of nitrogens with one attached hydrogen (secondary N) is 1. The molecular formula is C34H40FN7O2. The van der Waals surface area contributed by atoms with Gasteiger partial charge in [0.2, 0.25) is 0 Å². The number of halogens is 1. The summed E-state index contributed by atoms with van der Waals surface area (Å²) in [6.45, 7) is 10.0. The molecule has 2 atom stereocenters. The van der Waals surface area contributed by atoms with Crippen molar-refractivity contribution < 1.29 is 14.0 Å². The molecule has 44 heavy (non-hydrogen) atoms. The summed E-state index contributed by atoms with van der Waals surface area (Å²) in [5.41, 5.74) is 5.70. The molecule has 4 rings (SSSR count). The van der Waals surface area contributed by atoms with Crippen molar-refractivity contribution in [2.45, 2.75) is 53.1 Å². The molecule has 1 amide bonds. The molecule has 0 saturated heterocycles. The molecule has 2 heterocycles. The molecule has 3 aromatic rings. The average Bonchev–Trinajstić information content (AvgIpc) is 3.04. The Morgan fingerprint density at radius 1 is 1.23 bits per heavy atom. The van der Waals surface area contributed by atoms with Gasteiger partial charge in [0, 0.05) is 56.4 Å². The minimum atomic E-state index is -0.488. The van der Waals surface area contributed by atoms with Gasteiger partial charge in [0.15, 0.2) is 12.1 Å². The minimum Gasteiger partial charge on any atom is -0.377 e. The van der Waals surface area contributed by atoms with Crippen LogP contribution in [0.25, 0.3) is 11.8 Å². The van der Waals surface area contributed by atoms with Crippen molar-refractivity contribution >= 4 is 35.4 Å². The maximum absolute atomic E-state index is 13.8. The lowest BCUT2D eigenvalue weighted by molar-refractivity contribution is -0.125. The highest BCUT2D eigenvalue weighted by Gasteiger charge is 2.29. The van der Waals surface area contributed by atoms with Gasteiger partial charge in [0.25, 0.3) is 5.91 Å². The number of benzene rings is 2. The summed E-state index contributed by atoms with van der Waals surface area (Å²) in [5.74, 6) is -0.142. The number of aromatic nitrogens is 2. The topological polar surface area (TPSA) is 115 Å². The summed E-state index contributed by atoms with van der Waals surface area (Å²) in [5, 5.41) is 12.9. The van der Waals surface area contributed by atoms with Crippen LogP contribution in [0.15, 0.2) is 47.7 Å². The maximum Gasteiger partial charge on any atom is 0.267 e. The Labute approximate surface area is 259 Å². The van der Waals surface area contributed by atoms with Gasteiger partial charge in [-0.2, -0.15) is 5.26 Å². The van der Waals surface area contributed by atoms with Crippen molar-refractivity contribution in [3.8, 4) is 6.07 Å². The van der Waals surface area contributed by atoms with Crippen molar-refractivity contribution in [1.82, 2.24) is 19.8 Å². The molecule has 10 heteroatoms. The third-order valence-electron chi connectivity index (χ3n) is 7.41. The molecule has 0 bridgehead atoms. The van der Waals surface area contributed by atoms with Crippen LogP contribution in [0.4, 0.5) is 10.1 Å². The van der Waals surface area contributed by atoms with E-state index in [0.717, 1.165) is 35.1 Å². The van der Waals surface area contributed by atoms with Crippen LogP contribution in [-0.2, 0) is 11.2 Å². The third-order valence-corrected chi connectivity index (χ3v) is 7.41. The zero-order valence-electron chi connectivity index (χ0n) is 26.6. The van der Waals surface area contributed by atoms with Gasteiger partial charge >= 0.3 is 0 Å². The van der Waals surface area contributed by atoms with Crippen molar-refractivity contribution in [1.29, 1.82) is 5.26 Å². The summed E-state index contributed by atoms with van der Waals surface area (Å²) in [6.07, 6.45) is 6.90. The van der Waals surface area contributed by atoms with E-state index in [1.807, 2.05) is 71.0 Å². The number of nitriles is 1. The summed E-state index contributed by atoms with van der Waals surface area (Å²) in [6, 6.07) is 9.30. The molecule has 9 nitrogen and oxygen atoms in total. The molecule has 0 spiro atoms. The quantitative estimate of drug-likeness (QED) is 0.297. The van der Waals surface area contributed by atoms with E-state index in [1.54, 1.807) is 31.3 Å². The molecule has 1 aliphatic rings. The lowest BCUT2D eigenvalue weighted by atomic mass is 9.91. The van der Waals surface area contributed by atoms with Crippen LogP contribution in [0.3, 0.4) is 0 Å². The summed E-state index contributed by atoms with van der Waals surface area (Å²) < 4.78 is 13.8. The summed E-state index contributed by atoms with van der Waals surface area (Å²) in [7, 11) is 5.51. The van der Waals surface area contributed by atoms with E-state index in [4.69, 9.17) is 0 Å². The first-order chi connectivity index (χ1) is 21.1. The third kappa shape index (κ3) is 7.35. The van der Waals surface area contributed by atoms with E-state index in [2.05, 4.69) is 20.3 Å². The Bertz CT molecular complexity index is 1610. The number of carbonyl (C=O) groups is 2. The Balaban J connectivity index is 0.00000259. The van der Waals surface area contributed by atoms with Crippen LogP contribution in [0.2, 0.25) is 0 Å². The van der Waals surface area contributed by atoms with Gasteiger partial charge in [-0.1, -0.05) is 26.8 Å². The Morgan fingerprint density at radius 2 is 1.91 bits per heavy atom. The van der Waals surface area contributed by atoms with Crippen LogP contribution >= 0.6 is 0 Å². The fourth-order valence-corrected chi connectivity index (χ4v) is 4.95. The molecule has 1 N–H and O–H groups in total. The van der Waals surface area contributed by atoms with Gasteiger partial charge in [-0.3, -0.25) is 14.6 Å². The number of nitrogens with zero attached hydrogens (tertiary/aromatic N) is 6. The number of hydrogen-bond donors (Lipinski definition) is 1.